The van der Waals surface area contributed by atoms with Crippen LogP contribution in [-0.4, -0.2) is 23.4 Å². The van der Waals surface area contributed by atoms with Crippen LogP contribution in [0.4, 0.5) is 0 Å². The van der Waals surface area contributed by atoms with Gasteiger partial charge in [-0.05, 0) is 45.9 Å². The van der Waals surface area contributed by atoms with Crippen LogP contribution in [-0.2, 0) is 11.3 Å². The van der Waals surface area contributed by atoms with E-state index in [2.05, 4.69) is 32.9 Å². The maximum Gasteiger partial charge on any atom is 0.223 e. The van der Waals surface area contributed by atoms with Gasteiger partial charge in [0.05, 0.1) is 6.54 Å². The van der Waals surface area contributed by atoms with Crippen molar-refractivity contribution in [2.24, 2.45) is 5.73 Å². The molecule has 104 valence electrons. The Bertz CT molecular complexity index is 366. The summed E-state index contributed by atoms with van der Waals surface area (Å²) in [7, 11) is 0. The first kappa shape index (κ1) is 17.4. The molecular weight excluding hydrogens is 268 g/mol. The summed E-state index contributed by atoms with van der Waals surface area (Å²) in [5.74, 6) is 0.205. The summed E-state index contributed by atoms with van der Waals surface area (Å²) in [5.41, 5.74) is 5.44. The molecule has 0 aliphatic heterocycles. The number of rotatable bonds is 6. The molecule has 0 aliphatic rings. The first-order chi connectivity index (χ1) is 8.04. The van der Waals surface area contributed by atoms with Gasteiger partial charge in [-0.3, -0.25) is 4.79 Å². The van der Waals surface area contributed by atoms with E-state index >= 15 is 0 Å². The minimum atomic E-state index is 0. The second kappa shape index (κ2) is 8.51. The summed E-state index contributed by atoms with van der Waals surface area (Å²) in [6.07, 6.45) is 1.32. The van der Waals surface area contributed by atoms with E-state index in [1.807, 2.05) is 4.90 Å². The lowest BCUT2D eigenvalue weighted by Gasteiger charge is -2.26. The number of thiophene rings is 1. The molecule has 3 nitrogen and oxygen atoms in total. The fourth-order valence-corrected chi connectivity index (χ4v) is 2.58. The summed E-state index contributed by atoms with van der Waals surface area (Å²) < 4.78 is 0. The Balaban J connectivity index is 0.00000289. The molecule has 1 rings (SSSR count). The molecule has 1 aromatic rings. The highest BCUT2D eigenvalue weighted by molar-refractivity contribution is 7.11. The standard InChI is InChI=1S/C13H22N2OS.ClH/c1-10(2)15(13(16)5-4-8-14)9-12-7-6-11(3)17-12;/h6-7,10H,4-5,8-9,14H2,1-3H3;1H. The Morgan fingerprint density at radius 1 is 1.44 bits per heavy atom. The van der Waals surface area contributed by atoms with Crippen molar-refractivity contribution >= 4 is 29.7 Å². The number of hydrogen-bond acceptors (Lipinski definition) is 3. The van der Waals surface area contributed by atoms with Crippen LogP contribution in [0.15, 0.2) is 12.1 Å². The molecule has 0 radical (unpaired) electrons. The Morgan fingerprint density at radius 3 is 2.56 bits per heavy atom. The van der Waals surface area contributed by atoms with E-state index in [0.717, 1.165) is 13.0 Å². The van der Waals surface area contributed by atoms with Gasteiger partial charge < -0.3 is 10.6 Å². The molecule has 1 heterocycles. The molecule has 1 amide bonds. The predicted octanol–water partition coefficient (Wildman–Crippen LogP) is 2.95. The van der Waals surface area contributed by atoms with Crippen LogP contribution in [0.5, 0.6) is 0 Å². The highest BCUT2D eigenvalue weighted by Crippen LogP contribution is 2.19. The third-order valence-electron chi connectivity index (χ3n) is 2.66. The van der Waals surface area contributed by atoms with E-state index in [1.54, 1.807) is 11.3 Å². The number of halogens is 1. The number of aryl methyl sites for hydroxylation is 1. The highest BCUT2D eigenvalue weighted by Gasteiger charge is 2.17. The van der Waals surface area contributed by atoms with E-state index in [4.69, 9.17) is 5.73 Å². The molecule has 18 heavy (non-hydrogen) atoms. The molecular formula is C13H23ClN2OS. The molecule has 0 bridgehead atoms. The number of nitrogens with two attached hydrogens (primary N) is 1. The van der Waals surface area contributed by atoms with Crippen molar-refractivity contribution in [2.75, 3.05) is 6.54 Å². The molecule has 0 spiro atoms. The van der Waals surface area contributed by atoms with Crippen LogP contribution in [0.2, 0.25) is 0 Å². The van der Waals surface area contributed by atoms with Crippen LogP contribution in [0.1, 0.15) is 36.4 Å². The minimum Gasteiger partial charge on any atom is -0.335 e. The molecule has 0 atom stereocenters. The Morgan fingerprint density at radius 2 is 2.11 bits per heavy atom. The SMILES string of the molecule is Cc1ccc(CN(C(=O)CCCN)C(C)C)s1.Cl. The third kappa shape index (κ3) is 5.38. The van der Waals surface area contributed by atoms with Gasteiger partial charge in [0.15, 0.2) is 0 Å². The van der Waals surface area contributed by atoms with Crippen LogP contribution in [0, 0.1) is 6.92 Å². The lowest BCUT2D eigenvalue weighted by atomic mass is 10.2. The smallest absolute Gasteiger partial charge is 0.223 e. The monoisotopic (exact) mass is 290 g/mol. The van der Waals surface area contributed by atoms with E-state index in [0.29, 0.717) is 13.0 Å². The molecule has 0 unspecified atom stereocenters. The van der Waals surface area contributed by atoms with Crippen molar-refractivity contribution in [1.29, 1.82) is 0 Å². The van der Waals surface area contributed by atoms with E-state index < -0.39 is 0 Å². The van der Waals surface area contributed by atoms with Crippen LogP contribution in [0.3, 0.4) is 0 Å². The molecule has 0 aliphatic carbocycles. The van der Waals surface area contributed by atoms with Crippen molar-refractivity contribution < 1.29 is 4.79 Å². The van der Waals surface area contributed by atoms with Gasteiger partial charge in [-0.1, -0.05) is 0 Å². The second-order valence-electron chi connectivity index (χ2n) is 4.52. The number of hydrogen-bond donors (Lipinski definition) is 1. The quantitative estimate of drug-likeness (QED) is 0.875. The van der Waals surface area contributed by atoms with Gasteiger partial charge in [-0.2, -0.15) is 0 Å². The van der Waals surface area contributed by atoms with Gasteiger partial charge >= 0.3 is 0 Å². The number of nitrogens with zero attached hydrogens (tertiary/aromatic N) is 1. The number of amides is 1. The maximum atomic E-state index is 12.0. The van der Waals surface area contributed by atoms with Crippen molar-refractivity contribution in [3.05, 3.63) is 21.9 Å². The Hall–Kier alpha value is -0.580. The summed E-state index contributed by atoms with van der Waals surface area (Å²) >= 11 is 1.76. The summed E-state index contributed by atoms with van der Waals surface area (Å²) in [5, 5.41) is 0. The zero-order chi connectivity index (χ0) is 12.8. The van der Waals surface area contributed by atoms with Crippen LogP contribution < -0.4 is 5.73 Å². The van der Waals surface area contributed by atoms with Crippen molar-refractivity contribution in [2.45, 2.75) is 46.2 Å². The molecule has 5 heteroatoms. The van der Waals surface area contributed by atoms with Gasteiger partial charge in [0.25, 0.3) is 0 Å². The normalized spacial score (nSPS) is 10.3. The molecule has 0 saturated carbocycles. The topological polar surface area (TPSA) is 46.3 Å². The molecule has 2 N–H and O–H groups in total. The molecule has 0 fully saturated rings. The zero-order valence-electron chi connectivity index (χ0n) is 11.3. The highest BCUT2D eigenvalue weighted by atomic mass is 35.5. The Labute approximate surface area is 120 Å². The molecule has 0 aromatic carbocycles. The Kier molecular flexibility index (Phi) is 8.24. The third-order valence-corrected chi connectivity index (χ3v) is 3.65. The second-order valence-corrected chi connectivity index (χ2v) is 5.89. The van der Waals surface area contributed by atoms with Crippen LogP contribution in [0.25, 0.3) is 0 Å². The lowest BCUT2D eigenvalue weighted by Crippen LogP contribution is -2.36. The fourth-order valence-electron chi connectivity index (χ4n) is 1.69. The molecule has 1 aromatic heterocycles. The van der Waals surface area contributed by atoms with E-state index in [9.17, 15) is 4.79 Å². The summed E-state index contributed by atoms with van der Waals surface area (Å²) in [6.45, 7) is 7.50. The van der Waals surface area contributed by atoms with Gasteiger partial charge in [0, 0.05) is 22.2 Å². The molecule has 0 saturated heterocycles. The summed E-state index contributed by atoms with van der Waals surface area (Å²) in [4.78, 5) is 16.5. The average Bonchev–Trinajstić information content (AvgIpc) is 2.68. The van der Waals surface area contributed by atoms with E-state index in [-0.39, 0.29) is 24.4 Å². The largest absolute Gasteiger partial charge is 0.335 e. The minimum absolute atomic E-state index is 0. The number of carbonyl (C=O) groups is 1. The summed E-state index contributed by atoms with van der Waals surface area (Å²) in [6, 6.07) is 4.44. The van der Waals surface area contributed by atoms with Crippen molar-refractivity contribution in [3.8, 4) is 0 Å². The van der Waals surface area contributed by atoms with Crippen molar-refractivity contribution in [3.63, 3.8) is 0 Å². The van der Waals surface area contributed by atoms with Crippen LogP contribution >= 0.6 is 23.7 Å². The first-order valence-electron chi connectivity index (χ1n) is 6.09. The predicted molar refractivity (Wildman–Crippen MR) is 80.3 cm³/mol. The fraction of sp³-hybridized carbons (Fsp3) is 0.615. The van der Waals surface area contributed by atoms with Gasteiger partial charge in [0.2, 0.25) is 5.91 Å². The zero-order valence-corrected chi connectivity index (χ0v) is 12.9. The van der Waals surface area contributed by atoms with Gasteiger partial charge in [0.1, 0.15) is 0 Å². The average molecular weight is 291 g/mol. The van der Waals surface area contributed by atoms with Gasteiger partial charge in [-0.15, -0.1) is 23.7 Å². The van der Waals surface area contributed by atoms with E-state index in [1.165, 1.54) is 9.75 Å². The lowest BCUT2D eigenvalue weighted by molar-refractivity contribution is -0.133. The maximum absolute atomic E-state index is 12.0. The van der Waals surface area contributed by atoms with Crippen molar-refractivity contribution in [1.82, 2.24) is 4.90 Å². The van der Waals surface area contributed by atoms with Gasteiger partial charge in [-0.25, -0.2) is 0 Å². The number of carbonyl (C=O) groups excluding carboxylic acids is 1. The first-order valence-corrected chi connectivity index (χ1v) is 6.91.